The highest BCUT2D eigenvalue weighted by Gasteiger charge is 2.28. The highest BCUT2D eigenvalue weighted by atomic mass is 16.2. The quantitative estimate of drug-likeness (QED) is 0.748. The number of nitrogens with one attached hydrogen (secondary N) is 3. The van der Waals surface area contributed by atoms with Crippen LogP contribution < -0.4 is 16.0 Å². The van der Waals surface area contributed by atoms with Gasteiger partial charge >= 0.3 is 0 Å². The molecule has 5 nitrogen and oxygen atoms in total. The maximum atomic E-state index is 12.6. The Kier molecular flexibility index (Phi) is 6.59. The summed E-state index contributed by atoms with van der Waals surface area (Å²) in [5, 5.41) is 9.29. The molecule has 0 saturated carbocycles. The first kappa shape index (κ1) is 17.5. The van der Waals surface area contributed by atoms with Crippen LogP contribution in [0.2, 0.25) is 0 Å². The lowest BCUT2D eigenvalue weighted by Crippen LogP contribution is -2.54. The zero-order chi connectivity index (χ0) is 16.7. The molecule has 0 aromatic heterocycles. The van der Waals surface area contributed by atoms with Gasteiger partial charge in [0, 0.05) is 11.6 Å². The van der Waals surface area contributed by atoms with Crippen molar-refractivity contribution < 1.29 is 9.59 Å². The molecule has 126 valence electrons. The lowest BCUT2D eigenvalue weighted by atomic mass is 9.96. The van der Waals surface area contributed by atoms with E-state index in [1.807, 2.05) is 32.0 Å². The van der Waals surface area contributed by atoms with Crippen molar-refractivity contribution in [2.24, 2.45) is 5.92 Å². The summed E-state index contributed by atoms with van der Waals surface area (Å²) in [6.07, 6.45) is 2.70. The molecule has 1 aliphatic heterocycles. The van der Waals surface area contributed by atoms with Gasteiger partial charge < -0.3 is 16.0 Å². The van der Waals surface area contributed by atoms with Crippen molar-refractivity contribution in [3.05, 3.63) is 35.9 Å². The molecule has 2 rings (SSSR count). The van der Waals surface area contributed by atoms with E-state index in [0.717, 1.165) is 32.4 Å². The first-order valence-electron chi connectivity index (χ1n) is 8.48. The minimum Gasteiger partial charge on any atom is -0.351 e. The number of piperidine rings is 1. The normalized spacial score (nSPS) is 18.0. The average Bonchev–Trinajstić information content (AvgIpc) is 2.60. The molecule has 1 aromatic rings. The summed E-state index contributed by atoms with van der Waals surface area (Å²) in [7, 11) is 0. The molecule has 2 atom stereocenters. The number of hydrogen-bond donors (Lipinski definition) is 3. The van der Waals surface area contributed by atoms with Gasteiger partial charge in [-0.2, -0.15) is 0 Å². The third-order valence-corrected chi connectivity index (χ3v) is 4.50. The van der Waals surface area contributed by atoms with E-state index >= 15 is 0 Å². The molecule has 0 spiro atoms. The van der Waals surface area contributed by atoms with Crippen molar-refractivity contribution in [3.63, 3.8) is 0 Å². The third kappa shape index (κ3) is 5.06. The fourth-order valence-corrected chi connectivity index (χ4v) is 2.77. The molecule has 1 saturated heterocycles. The summed E-state index contributed by atoms with van der Waals surface area (Å²) in [5.41, 5.74) is 0.579. The van der Waals surface area contributed by atoms with Gasteiger partial charge in [-0.3, -0.25) is 9.59 Å². The van der Waals surface area contributed by atoms with E-state index in [1.54, 1.807) is 12.1 Å². The second-order valence-corrected chi connectivity index (χ2v) is 6.24. The Hall–Kier alpha value is -1.88. The molecule has 1 aromatic carbocycles. The van der Waals surface area contributed by atoms with Crippen LogP contribution in [-0.2, 0) is 4.79 Å². The Morgan fingerprint density at radius 2 is 1.87 bits per heavy atom. The SMILES string of the molecule is CCC(C)C(NC(=O)c1ccccc1)C(=O)NC1CCNCC1. The molecule has 3 N–H and O–H groups in total. The van der Waals surface area contributed by atoms with Crippen LogP contribution in [-0.4, -0.2) is 37.0 Å². The predicted octanol–water partition coefficient (Wildman–Crippen LogP) is 1.70. The largest absolute Gasteiger partial charge is 0.351 e. The molecule has 0 bridgehead atoms. The lowest BCUT2D eigenvalue weighted by Gasteiger charge is -2.28. The van der Waals surface area contributed by atoms with Crippen molar-refractivity contribution in [3.8, 4) is 0 Å². The van der Waals surface area contributed by atoms with Gasteiger partial charge in [-0.15, -0.1) is 0 Å². The van der Waals surface area contributed by atoms with Gasteiger partial charge in [0.2, 0.25) is 5.91 Å². The van der Waals surface area contributed by atoms with Gasteiger partial charge in [-0.05, 0) is 44.0 Å². The van der Waals surface area contributed by atoms with Gasteiger partial charge in [0.1, 0.15) is 6.04 Å². The summed E-state index contributed by atoms with van der Waals surface area (Å²) in [5.74, 6) is -0.184. The second kappa shape index (κ2) is 8.67. The smallest absolute Gasteiger partial charge is 0.251 e. The standard InChI is InChI=1S/C18H27N3O2/c1-3-13(2)16(18(23)20-15-9-11-19-12-10-15)21-17(22)14-7-5-4-6-8-14/h4-8,13,15-16,19H,3,9-12H2,1-2H3,(H,20,23)(H,21,22). The predicted molar refractivity (Wildman–Crippen MR) is 91.2 cm³/mol. The fraction of sp³-hybridized carbons (Fsp3) is 0.556. The van der Waals surface area contributed by atoms with Crippen LogP contribution in [0.3, 0.4) is 0 Å². The highest BCUT2D eigenvalue weighted by molar-refractivity contribution is 5.97. The molecular weight excluding hydrogens is 290 g/mol. The fourth-order valence-electron chi connectivity index (χ4n) is 2.77. The molecule has 5 heteroatoms. The first-order valence-corrected chi connectivity index (χ1v) is 8.48. The van der Waals surface area contributed by atoms with E-state index in [-0.39, 0.29) is 23.8 Å². The van der Waals surface area contributed by atoms with Crippen molar-refractivity contribution in [1.29, 1.82) is 0 Å². The van der Waals surface area contributed by atoms with Crippen LogP contribution in [0.25, 0.3) is 0 Å². The Labute approximate surface area is 138 Å². The van der Waals surface area contributed by atoms with Crippen LogP contribution in [0.5, 0.6) is 0 Å². The molecule has 23 heavy (non-hydrogen) atoms. The Morgan fingerprint density at radius 1 is 1.22 bits per heavy atom. The van der Waals surface area contributed by atoms with Gasteiger partial charge in [-0.1, -0.05) is 38.5 Å². The van der Waals surface area contributed by atoms with Crippen molar-refractivity contribution in [1.82, 2.24) is 16.0 Å². The molecule has 0 radical (unpaired) electrons. The van der Waals surface area contributed by atoms with E-state index in [1.165, 1.54) is 0 Å². The van der Waals surface area contributed by atoms with Crippen LogP contribution in [0.4, 0.5) is 0 Å². The van der Waals surface area contributed by atoms with Crippen molar-refractivity contribution >= 4 is 11.8 Å². The van der Waals surface area contributed by atoms with Crippen LogP contribution in [0.15, 0.2) is 30.3 Å². The number of carbonyl (C=O) groups excluding carboxylic acids is 2. The van der Waals surface area contributed by atoms with Crippen LogP contribution in [0, 0.1) is 5.92 Å². The maximum absolute atomic E-state index is 12.6. The number of carbonyl (C=O) groups is 2. The van der Waals surface area contributed by atoms with E-state index < -0.39 is 6.04 Å². The number of benzene rings is 1. The summed E-state index contributed by atoms with van der Waals surface area (Å²) in [6.45, 7) is 5.88. The molecule has 1 aliphatic rings. The summed E-state index contributed by atoms with van der Waals surface area (Å²) < 4.78 is 0. The van der Waals surface area contributed by atoms with E-state index in [4.69, 9.17) is 0 Å². The molecule has 2 unspecified atom stereocenters. The molecule has 0 aliphatic carbocycles. The average molecular weight is 317 g/mol. The van der Waals surface area contributed by atoms with Crippen molar-refractivity contribution in [2.45, 2.75) is 45.2 Å². The number of hydrogen-bond acceptors (Lipinski definition) is 3. The minimum atomic E-state index is -0.498. The Balaban J connectivity index is 2.01. The van der Waals surface area contributed by atoms with Gasteiger partial charge in [0.05, 0.1) is 0 Å². The zero-order valence-corrected chi connectivity index (χ0v) is 14.0. The van der Waals surface area contributed by atoms with E-state index in [0.29, 0.717) is 5.56 Å². The lowest BCUT2D eigenvalue weighted by molar-refractivity contribution is -0.125. The summed E-state index contributed by atoms with van der Waals surface area (Å²) in [6, 6.07) is 8.73. The zero-order valence-electron chi connectivity index (χ0n) is 14.0. The maximum Gasteiger partial charge on any atom is 0.251 e. The molecular formula is C18H27N3O2. The van der Waals surface area contributed by atoms with Crippen molar-refractivity contribution in [2.75, 3.05) is 13.1 Å². The monoisotopic (exact) mass is 317 g/mol. The molecule has 1 heterocycles. The third-order valence-electron chi connectivity index (χ3n) is 4.50. The number of rotatable bonds is 6. The van der Waals surface area contributed by atoms with E-state index in [9.17, 15) is 9.59 Å². The van der Waals surface area contributed by atoms with E-state index in [2.05, 4.69) is 16.0 Å². The minimum absolute atomic E-state index is 0.0736. The van der Waals surface area contributed by atoms with Crippen LogP contribution >= 0.6 is 0 Å². The highest BCUT2D eigenvalue weighted by Crippen LogP contribution is 2.11. The number of amides is 2. The van der Waals surface area contributed by atoms with Crippen LogP contribution in [0.1, 0.15) is 43.5 Å². The molecule has 1 fully saturated rings. The topological polar surface area (TPSA) is 70.2 Å². The van der Waals surface area contributed by atoms with Gasteiger partial charge in [0.25, 0.3) is 5.91 Å². The summed E-state index contributed by atoms with van der Waals surface area (Å²) >= 11 is 0. The second-order valence-electron chi connectivity index (χ2n) is 6.24. The first-order chi connectivity index (χ1) is 11.1. The Bertz CT molecular complexity index is 512. The van der Waals surface area contributed by atoms with Gasteiger partial charge in [-0.25, -0.2) is 0 Å². The molecule has 2 amide bonds. The van der Waals surface area contributed by atoms with Gasteiger partial charge in [0.15, 0.2) is 0 Å². The Morgan fingerprint density at radius 3 is 2.48 bits per heavy atom. The summed E-state index contributed by atoms with van der Waals surface area (Å²) in [4.78, 5) is 25.0.